The van der Waals surface area contributed by atoms with Gasteiger partial charge in [-0.3, -0.25) is 4.79 Å². The third kappa shape index (κ3) is 2.49. The summed E-state index contributed by atoms with van der Waals surface area (Å²) in [5.74, 6) is -0.378. The normalized spacial score (nSPS) is 16.8. The van der Waals surface area contributed by atoms with Crippen molar-refractivity contribution in [2.75, 3.05) is 19.0 Å². The summed E-state index contributed by atoms with van der Waals surface area (Å²) in [5.41, 5.74) is 2.23. The van der Waals surface area contributed by atoms with Crippen LogP contribution in [0.4, 0.5) is 10.1 Å². The lowest BCUT2D eigenvalue weighted by atomic mass is 9.84. The maximum Gasteiger partial charge on any atom is 0.174 e. The van der Waals surface area contributed by atoms with Gasteiger partial charge in [-0.1, -0.05) is 18.2 Å². The number of methoxy groups -OCH3 is 1. The van der Waals surface area contributed by atoms with E-state index in [1.165, 1.54) is 25.3 Å². The van der Waals surface area contributed by atoms with Gasteiger partial charge in [0.15, 0.2) is 5.78 Å². The van der Waals surface area contributed by atoms with Crippen LogP contribution in [0.2, 0.25) is 0 Å². The monoisotopic (exact) mass is 285 g/mol. The molecule has 0 saturated heterocycles. The van der Waals surface area contributed by atoms with Crippen LogP contribution in [-0.4, -0.2) is 19.4 Å². The minimum atomic E-state index is -0.429. The molecule has 21 heavy (non-hydrogen) atoms. The zero-order valence-corrected chi connectivity index (χ0v) is 11.7. The molecule has 0 aliphatic carbocycles. The number of rotatable bonds is 3. The first kappa shape index (κ1) is 13.6. The van der Waals surface area contributed by atoms with Crippen LogP contribution in [0.1, 0.15) is 28.3 Å². The Morgan fingerprint density at radius 1 is 1.29 bits per heavy atom. The SMILES string of the molecule is COc1ccc(F)cc1C(=O)C1CCNc2ccccc21. The van der Waals surface area contributed by atoms with Gasteiger partial charge in [-0.05, 0) is 36.2 Å². The second-order valence-electron chi connectivity index (χ2n) is 5.06. The molecule has 1 atom stereocenters. The van der Waals surface area contributed by atoms with Crippen LogP contribution in [-0.2, 0) is 0 Å². The highest BCUT2D eigenvalue weighted by Gasteiger charge is 2.29. The summed E-state index contributed by atoms with van der Waals surface area (Å²) in [5, 5.41) is 3.28. The number of Topliss-reactive ketones (excluding diaryl/α,β-unsaturated/α-hetero) is 1. The van der Waals surface area contributed by atoms with Crippen molar-refractivity contribution >= 4 is 11.5 Å². The number of hydrogen-bond acceptors (Lipinski definition) is 3. The number of hydrogen-bond donors (Lipinski definition) is 1. The third-order valence-corrected chi connectivity index (χ3v) is 3.83. The lowest BCUT2D eigenvalue weighted by molar-refractivity contribution is 0.0952. The van der Waals surface area contributed by atoms with E-state index in [0.29, 0.717) is 17.7 Å². The van der Waals surface area contributed by atoms with Crippen LogP contribution in [0.3, 0.4) is 0 Å². The minimum Gasteiger partial charge on any atom is -0.496 e. The molecule has 0 radical (unpaired) electrons. The molecule has 1 aliphatic heterocycles. The number of halogens is 1. The number of carbonyl (C=O) groups is 1. The number of benzene rings is 2. The highest BCUT2D eigenvalue weighted by molar-refractivity contribution is 6.04. The van der Waals surface area contributed by atoms with E-state index in [4.69, 9.17) is 4.74 Å². The fourth-order valence-electron chi connectivity index (χ4n) is 2.80. The van der Waals surface area contributed by atoms with Gasteiger partial charge in [-0.25, -0.2) is 4.39 Å². The molecule has 2 aromatic carbocycles. The summed E-state index contributed by atoms with van der Waals surface area (Å²) in [6, 6.07) is 11.8. The lowest BCUT2D eigenvalue weighted by Crippen LogP contribution is -2.23. The highest BCUT2D eigenvalue weighted by atomic mass is 19.1. The van der Waals surface area contributed by atoms with Gasteiger partial charge in [0.2, 0.25) is 0 Å². The van der Waals surface area contributed by atoms with Crippen LogP contribution in [0, 0.1) is 5.82 Å². The van der Waals surface area contributed by atoms with Crippen LogP contribution < -0.4 is 10.1 Å². The number of para-hydroxylation sites is 1. The van der Waals surface area contributed by atoms with E-state index in [0.717, 1.165) is 17.8 Å². The van der Waals surface area contributed by atoms with E-state index in [-0.39, 0.29) is 11.7 Å². The molecule has 1 N–H and O–H groups in total. The van der Waals surface area contributed by atoms with Gasteiger partial charge in [0, 0.05) is 12.2 Å². The van der Waals surface area contributed by atoms with Crippen molar-refractivity contribution in [2.45, 2.75) is 12.3 Å². The predicted molar refractivity (Wildman–Crippen MR) is 79.6 cm³/mol. The van der Waals surface area contributed by atoms with Crippen LogP contribution in [0.25, 0.3) is 0 Å². The van der Waals surface area contributed by atoms with Crippen molar-refractivity contribution in [3.63, 3.8) is 0 Å². The van der Waals surface area contributed by atoms with Crippen LogP contribution in [0.5, 0.6) is 5.75 Å². The average Bonchev–Trinajstić information content (AvgIpc) is 2.53. The molecular formula is C17H16FNO2. The number of carbonyl (C=O) groups excluding carboxylic acids is 1. The van der Waals surface area contributed by atoms with Crippen LogP contribution >= 0.6 is 0 Å². The van der Waals surface area contributed by atoms with E-state index < -0.39 is 5.82 Å². The lowest BCUT2D eigenvalue weighted by Gasteiger charge is -2.26. The smallest absolute Gasteiger partial charge is 0.174 e. The molecule has 3 nitrogen and oxygen atoms in total. The van der Waals surface area contributed by atoms with E-state index in [1.807, 2.05) is 24.3 Å². The van der Waals surface area contributed by atoms with Gasteiger partial charge in [0.05, 0.1) is 18.6 Å². The number of nitrogens with one attached hydrogen (secondary N) is 1. The first-order chi connectivity index (χ1) is 10.2. The minimum absolute atomic E-state index is 0.0969. The molecule has 0 amide bonds. The maximum atomic E-state index is 13.5. The largest absolute Gasteiger partial charge is 0.496 e. The summed E-state index contributed by atoms with van der Waals surface area (Å²) in [7, 11) is 1.49. The molecule has 4 heteroatoms. The molecule has 1 aliphatic rings. The molecule has 0 spiro atoms. The van der Waals surface area contributed by atoms with Gasteiger partial charge in [0.1, 0.15) is 11.6 Å². The summed E-state index contributed by atoms with van der Waals surface area (Å²) >= 11 is 0. The molecule has 0 fully saturated rings. The van der Waals surface area contributed by atoms with E-state index in [2.05, 4.69) is 5.32 Å². The first-order valence-corrected chi connectivity index (χ1v) is 6.91. The van der Waals surface area contributed by atoms with Crippen molar-refractivity contribution in [3.8, 4) is 5.75 Å². The quantitative estimate of drug-likeness (QED) is 0.875. The van der Waals surface area contributed by atoms with Gasteiger partial charge < -0.3 is 10.1 Å². The molecular weight excluding hydrogens is 269 g/mol. The summed E-state index contributed by atoms with van der Waals surface area (Å²) in [6.07, 6.45) is 0.690. The summed E-state index contributed by atoms with van der Waals surface area (Å²) < 4.78 is 18.7. The average molecular weight is 285 g/mol. The fourth-order valence-corrected chi connectivity index (χ4v) is 2.80. The Morgan fingerprint density at radius 3 is 2.90 bits per heavy atom. The maximum absolute atomic E-state index is 13.5. The molecule has 108 valence electrons. The van der Waals surface area contributed by atoms with Crippen molar-refractivity contribution in [1.29, 1.82) is 0 Å². The van der Waals surface area contributed by atoms with Gasteiger partial charge in [0.25, 0.3) is 0 Å². The Kier molecular flexibility index (Phi) is 3.60. The Bertz CT molecular complexity index is 684. The zero-order valence-electron chi connectivity index (χ0n) is 11.7. The van der Waals surface area contributed by atoms with E-state index in [1.54, 1.807) is 0 Å². The van der Waals surface area contributed by atoms with E-state index in [9.17, 15) is 9.18 Å². The van der Waals surface area contributed by atoms with Gasteiger partial charge >= 0.3 is 0 Å². The molecule has 3 rings (SSSR count). The van der Waals surface area contributed by atoms with E-state index >= 15 is 0 Å². The topological polar surface area (TPSA) is 38.3 Å². The van der Waals surface area contributed by atoms with Crippen molar-refractivity contribution in [2.24, 2.45) is 0 Å². The number of anilines is 1. The highest BCUT2D eigenvalue weighted by Crippen LogP contribution is 2.35. The molecule has 0 aromatic heterocycles. The molecule has 2 aromatic rings. The second kappa shape index (κ2) is 5.56. The Labute approximate surface area is 122 Å². The van der Waals surface area contributed by atoms with Gasteiger partial charge in [-0.15, -0.1) is 0 Å². The van der Waals surface area contributed by atoms with Crippen molar-refractivity contribution < 1.29 is 13.9 Å². The summed E-state index contributed by atoms with van der Waals surface area (Å²) in [4.78, 5) is 12.8. The Balaban J connectivity index is 2.02. The fraction of sp³-hybridized carbons (Fsp3) is 0.235. The van der Waals surface area contributed by atoms with Crippen molar-refractivity contribution in [3.05, 3.63) is 59.4 Å². The standard InChI is InChI=1S/C17H16FNO2/c1-21-16-7-6-11(18)10-14(16)17(20)13-8-9-19-15-5-3-2-4-12(13)15/h2-7,10,13,19H,8-9H2,1H3. The predicted octanol–water partition coefficient (Wildman–Crippen LogP) is 3.62. The molecule has 0 bridgehead atoms. The van der Waals surface area contributed by atoms with Crippen LogP contribution in [0.15, 0.2) is 42.5 Å². The molecule has 1 heterocycles. The number of fused-ring (bicyclic) bond motifs is 1. The second-order valence-corrected chi connectivity index (χ2v) is 5.06. The third-order valence-electron chi connectivity index (χ3n) is 3.83. The Hall–Kier alpha value is -2.36. The summed E-state index contributed by atoms with van der Waals surface area (Å²) in [6.45, 7) is 0.727. The Morgan fingerprint density at radius 2 is 2.10 bits per heavy atom. The molecule has 0 saturated carbocycles. The zero-order chi connectivity index (χ0) is 14.8. The number of ether oxygens (including phenoxy) is 1. The van der Waals surface area contributed by atoms with Crippen molar-refractivity contribution in [1.82, 2.24) is 0 Å². The number of ketones is 1. The molecule has 1 unspecified atom stereocenters. The van der Waals surface area contributed by atoms with Gasteiger partial charge in [-0.2, -0.15) is 0 Å². The first-order valence-electron chi connectivity index (χ1n) is 6.91.